The summed E-state index contributed by atoms with van der Waals surface area (Å²) < 4.78 is 0. The molecule has 0 aliphatic carbocycles. The minimum atomic E-state index is 0.675. The molecule has 0 saturated carbocycles. The molecular formula is C11H13O2. The first-order valence-corrected chi connectivity index (χ1v) is 4.60. The van der Waals surface area contributed by atoms with Gasteiger partial charge in [0, 0.05) is 0 Å². The molecule has 0 unspecified atom stereocenters. The monoisotopic (exact) mass is 177 g/mol. The highest BCUT2D eigenvalue weighted by atomic mass is 17.2. The van der Waals surface area contributed by atoms with E-state index < -0.39 is 0 Å². The number of hydrogen-bond acceptors (Lipinski definition) is 2. The Morgan fingerprint density at radius 2 is 2.31 bits per heavy atom. The van der Waals surface area contributed by atoms with Crippen LogP contribution in [-0.2, 0) is 17.7 Å². The molecule has 0 saturated heterocycles. The lowest BCUT2D eigenvalue weighted by atomic mass is 10.1. The lowest BCUT2D eigenvalue weighted by Crippen LogP contribution is -1.96. The van der Waals surface area contributed by atoms with Crippen molar-refractivity contribution in [2.75, 3.05) is 6.61 Å². The van der Waals surface area contributed by atoms with Gasteiger partial charge in [-0.25, -0.2) is 0 Å². The molecule has 13 heavy (non-hydrogen) atoms. The Labute approximate surface area is 78.4 Å². The van der Waals surface area contributed by atoms with Crippen LogP contribution in [0.2, 0.25) is 0 Å². The third kappa shape index (κ3) is 1.83. The predicted octanol–water partition coefficient (Wildman–Crippen LogP) is 2.32. The van der Waals surface area contributed by atoms with Crippen LogP contribution in [-0.4, -0.2) is 6.61 Å². The summed E-state index contributed by atoms with van der Waals surface area (Å²) in [7, 11) is 0. The van der Waals surface area contributed by atoms with Crippen LogP contribution in [0, 0.1) is 6.92 Å². The molecule has 0 bridgehead atoms. The van der Waals surface area contributed by atoms with E-state index >= 15 is 0 Å². The molecule has 69 valence electrons. The van der Waals surface area contributed by atoms with Crippen molar-refractivity contribution < 1.29 is 9.78 Å². The maximum Gasteiger partial charge on any atom is 0.168 e. The van der Waals surface area contributed by atoms with Gasteiger partial charge in [-0.15, -0.1) is 0 Å². The van der Waals surface area contributed by atoms with Crippen LogP contribution in [0.15, 0.2) is 18.2 Å². The van der Waals surface area contributed by atoms with Crippen molar-refractivity contribution in [3.8, 4) is 5.75 Å². The topological polar surface area (TPSA) is 18.5 Å². The van der Waals surface area contributed by atoms with Crippen LogP contribution in [0.25, 0.3) is 0 Å². The average Bonchev–Trinajstić information content (AvgIpc) is 2.41. The molecule has 1 aromatic rings. The largest absolute Gasteiger partial charge is 0.337 e. The van der Waals surface area contributed by atoms with E-state index in [1.165, 1.54) is 11.1 Å². The van der Waals surface area contributed by atoms with Crippen molar-refractivity contribution >= 4 is 0 Å². The minimum absolute atomic E-state index is 0.675. The molecule has 0 aromatic heterocycles. The summed E-state index contributed by atoms with van der Waals surface area (Å²) in [5.41, 5.74) is 2.42. The number of benzene rings is 1. The first kappa shape index (κ1) is 8.57. The second-order valence-corrected chi connectivity index (χ2v) is 3.20. The van der Waals surface area contributed by atoms with E-state index in [1.807, 2.05) is 6.07 Å². The third-order valence-electron chi connectivity index (χ3n) is 2.24. The van der Waals surface area contributed by atoms with Gasteiger partial charge in [0.15, 0.2) is 5.75 Å². The van der Waals surface area contributed by atoms with E-state index in [4.69, 9.17) is 9.78 Å². The maximum absolute atomic E-state index is 5.16. The summed E-state index contributed by atoms with van der Waals surface area (Å²) in [5.74, 6) is 0.860. The van der Waals surface area contributed by atoms with Gasteiger partial charge in [0.05, 0.1) is 6.61 Å². The van der Waals surface area contributed by atoms with Crippen LogP contribution in [0.1, 0.15) is 17.5 Å². The first-order chi connectivity index (χ1) is 6.40. The quantitative estimate of drug-likeness (QED) is 0.613. The summed E-state index contributed by atoms with van der Waals surface area (Å²) in [6.45, 7) is 4.51. The maximum atomic E-state index is 5.16. The summed E-state index contributed by atoms with van der Waals surface area (Å²) in [6, 6.07) is 6.21. The summed E-state index contributed by atoms with van der Waals surface area (Å²) >= 11 is 0. The van der Waals surface area contributed by atoms with E-state index in [9.17, 15) is 0 Å². The van der Waals surface area contributed by atoms with Gasteiger partial charge in [-0.3, -0.25) is 0 Å². The zero-order valence-electron chi connectivity index (χ0n) is 7.58. The Morgan fingerprint density at radius 3 is 3.15 bits per heavy atom. The van der Waals surface area contributed by atoms with E-state index in [2.05, 4.69) is 19.1 Å². The van der Waals surface area contributed by atoms with Crippen LogP contribution >= 0.6 is 0 Å². The average molecular weight is 177 g/mol. The molecule has 2 heteroatoms. The minimum Gasteiger partial charge on any atom is -0.337 e. The molecule has 0 spiro atoms. The van der Waals surface area contributed by atoms with Crippen LogP contribution in [0.5, 0.6) is 5.75 Å². The molecule has 0 amide bonds. The van der Waals surface area contributed by atoms with Crippen molar-refractivity contribution in [3.05, 3.63) is 36.2 Å². The van der Waals surface area contributed by atoms with Crippen LogP contribution < -0.4 is 4.89 Å². The molecule has 0 fully saturated rings. The number of aryl methyl sites for hydroxylation is 1. The zero-order chi connectivity index (χ0) is 9.10. The Kier molecular flexibility index (Phi) is 2.50. The van der Waals surface area contributed by atoms with Crippen LogP contribution in [0.3, 0.4) is 0 Å². The van der Waals surface area contributed by atoms with E-state index in [0.29, 0.717) is 6.61 Å². The second-order valence-electron chi connectivity index (χ2n) is 3.20. The fourth-order valence-electron chi connectivity index (χ4n) is 1.47. The lowest BCUT2D eigenvalue weighted by molar-refractivity contribution is -0.203. The Hall–Kier alpha value is -1.02. The molecule has 0 atom stereocenters. The predicted molar refractivity (Wildman–Crippen MR) is 50.4 cm³/mol. The molecule has 1 aromatic carbocycles. The van der Waals surface area contributed by atoms with Gasteiger partial charge in [-0.2, -0.15) is 4.89 Å². The van der Waals surface area contributed by atoms with Gasteiger partial charge in [0.2, 0.25) is 0 Å². The van der Waals surface area contributed by atoms with Gasteiger partial charge in [-0.05, 0) is 43.4 Å². The summed E-state index contributed by atoms with van der Waals surface area (Å²) in [6.07, 6.45) is 2.85. The van der Waals surface area contributed by atoms with Gasteiger partial charge in [-0.1, -0.05) is 12.1 Å². The standard InChI is InChI=1S/C11H13O2/c1-2-9-5-6-10-4-3-7-12-13-11(10)8-9/h5-6,8H,1-4,7H2. The van der Waals surface area contributed by atoms with Crippen molar-refractivity contribution in [3.63, 3.8) is 0 Å². The smallest absolute Gasteiger partial charge is 0.168 e. The number of rotatable bonds is 1. The molecule has 1 heterocycles. The van der Waals surface area contributed by atoms with E-state index in [0.717, 1.165) is 25.0 Å². The highest BCUT2D eigenvalue weighted by Crippen LogP contribution is 2.24. The Bertz CT molecular complexity index is 294. The molecule has 1 aliphatic heterocycles. The summed E-state index contributed by atoms with van der Waals surface area (Å²) in [5, 5.41) is 0. The highest BCUT2D eigenvalue weighted by molar-refractivity contribution is 5.37. The molecule has 1 radical (unpaired) electrons. The molecule has 2 rings (SSSR count). The lowest BCUT2D eigenvalue weighted by Gasteiger charge is -2.05. The first-order valence-electron chi connectivity index (χ1n) is 4.60. The van der Waals surface area contributed by atoms with Gasteiger partial charge < -0.3 is 4.89 Å². The third-order valence-corrected chi connectivity index (χ3v) is 2.24. The Balaban J connectivity index is 2.32. The molecule has 2 nitrogen and oxygen atoms in total. The SMILES string of the molecule is [CH2]Cc1ccc2c(c1)OOCCC2. The zero-order valence-corrected chi connectivity index (χ0v) is 7.58. The van der Waals surface area contributed by atoms with Crippen LogP contribution in [0.4, 0.5) is 0 Å². The summed E-state index contributed by atoms with van der Waals surface area (Å²) in [4.78, 5) is 10.2. The normalized spacial score (nSPS) is 15.8. The fraction of sp³-hybridized carbons (Fsp3) is 0.364. The van der Waals surface area contributed by atoms with Crippen molar-refractivity contribution in [1.82, 2.24) is 0 Å². The van der Waals surface area contributed by atoms with Gasteiger partial charge in [0.25, 0.3) is 0 Å². The van der Waals surface area contributed by atoms with Gasteiger partial charge in [0.1, 0.15) is 0 Å². The number of hydrogen-bond donors (Lipinski definition) is 0. The highest BCUT2D eigenvalue weighted by Gasteiger charge is 2.09. The van der Waals surface area contributed by atoms with Crippen molar-refractivity contribution in [2.24, 2.45) is 0 Å². The molecular weight excluding hydrogens is 164 g/mol. The molecule has 1 aliphatic rings. The second kappa shape index (κ2) is 3.79. The number of fused-ring (bicyclic) bond motifs is 1. The fourth-order valence-corrected chi connectivity index (χ4v) is 1.47. The Morgan fingerprint density at radius 1 is 1.38 bits per heavy atom. The van der Waals surface area contributed by atoms with Gasteiger partial charge >= 0.3 is 0 Å². The molecule has 0 N–H and O–H groups in total. The van der Waals surface area contributed by atoms with Crippen molar-refractivity contribution in [2.45, 2.75) is 19.3 Å². The van der Waals surface area contributed by atoms with Crippen molar-refractivity contribution in [1.29, 1.82) is 0 Å². The van der Waals surface area contributed by atoms with E-state index in [-0.39, 0.29) is 0 Å². The van der Waals surface area contributed by atoms with E-state index in [1.54, 1.807) is 0 Å².